The van der Waals surface area contributed by atoms with Gasteiger partial charge in [-0.3, -0.25) is 0 Å². The number of benzene rings is 1. The van der Waals surface area contributed by atoms with Crippen LogP contribution in [0.3, 0.4) is 0 Å². The lowest BCUT2D eigenvalue weighted by molar-refractivity contribution is -0.151. The molecule has 1 unspecified atom stereocenters. The number of aliphatic carboxylic acids is 1. The lowest BCUT2D eigenvalue weighted by atomic mass is 10.1. The molecule has 1 aromatic carbocycles. The van der Waals surface area contributed by atoms with Gasteiger partial charge < -0.3 is 9.84 Å². The van der Waals surface area contributed by atoms with E-state index in [1.54, 1.807) is 12.1 Å². The molecule has 0 aliphatic heterocycles. The van der Waals surface area contributed by atoms with Crippen LogP contribution in [-0.4, -0.2) is 17.7 Å². The Balaban J connectivity index is 1.91. The van der Waals surface area contributed by atoms with E-state index < -0.39 is 12.1 Å². The van der Waals surface area contributed by atoms with Crippen LogP contribution in [-0.2, 0) is 9.53 Å². The normalized spacial score (nSPS) is 17.0. The van der Waals surface area contributed by atoms with Crippen molar-refractivity contribution in [2.75, 3.05) is 6.61 Å². The molecule has 3 nitrogen and oxygen atoms in total. The highest BCUT2D eigenvalue weighted by molar-refractivity contribution is 5.74. The van der Waals surface area contributed by atoms with Crippen molar-refractivity contribution in [3.05, 3.63) is 35.9 Å². The number of ether oxygens (including phenoxy) is 1. The molecule has 0 saturated heterocycles. The molecular weight excluding hydrogens is 204 g/mol. The average Bonchev–Trinajstić information content (AvgIpc) is 3.09. The third kappa shape index (κ3) is 3.07. The van der Waals surface area contributed by atoms with Gasteiger partial charge in [0.2, 0.25) is 0 Å². The molecule has 0 heterocycles. The first kappa shape index (κ1) is 11.1. The van der Waals surface area contributed by atoms with Crippen LogP contribution >= 0.6 is 0 Å². The molecule has 2 rings (SSSR count). The van der Waals surface area contributed by atoms with Crippen LogP contribution in [0.25, 0.3) is 0 Å². The number of carboxylic acid groups (broad SMARTS) is 1. The summed E-state index contributed by atoms with van der Waals surface area (Å²) in [6.07, 6.45) is 2.70. The Bertz CT molecular complexity index is 343. The van der Waals surface area contributed by atoms with Gasteiger partial charge in [-0.1, -0.05) is 43.2 Å². The summed E-state index contributed by atoms with van der Waals surface area (Å²) in [4.78, 5) is 11.1. The quantitative estimate of drug-likeness (QED) is 0.801. The standard InChI is InChI=1S/C13H16O3/c14-13(15)12(11-4-2-1-3-5-11)16-9-8-10-6-7-10/h1-5,10,12H,6-9H2,(H,14,15). The van der Waals surface area contributed by atoms with E-state index in [0.29, 0.717) is 12.2 Å². The Labute approximate surface area is 95.0 Å². The molecule has 0 amide bonds. The van der Waals surface area contributed by atoms with E-state index in [1.165, 1.54) is 12.8 Å². The van der Waals surface area contributed by atoms with Gasteiger partial charge >= 0.3 is 5.97 Å². The highest BCUT2D eigenvalue weighted by Crippen LogP contribution is 2.32. The van der Waals surface area contributed by atoms with Gasteiger partial charge in [0.1, 0.15) is 0 Å². The molecule has 3 heteroatoms. The van der Waals surface area contributed by atoms with Crippen LogP contribution in [0.15, 0.2) is 30.3 Å². The number of carbonyl (C=O) groups is 1. The van der Waals surface area contributed by atoms with Crippen molar-refractivity contribution in [1.29, 1.82) is 0 Å². The average molecular weight is 220 g/mol. The molecule has 1 atom stereocenters. The molecule has 1 fully saturated rings. The summed E-state index contributed by atoms with van der Waals surface area (Å²) in [6, 6.07) is 9.10. The Morgan fingerprint density at radius 1 is 1.38 bits per heavy atom. The maximum atomic E-state index is 11.1. The second kappa shape index (κ2) is 5.12. The van der Waals surface area contributed by atoms with Crippen molar-refractivity contribution in [2.45, 2.75) is 25.4 Å². The van der Waals surface area contributed by atoms with E-state index in [9.17, 15) is 4.79 Å². The van der Waals surface area contributed by atoms with Crippen molar-refractivity contribution in [3.8, 4) is 0 Å². The maximum Gasteiger partial charge on any atom is 0.337 e. The zero-order chi connectivity index (χ0) is 11.4. The Hall–Kier alpha value is -1.35. The zero-order valence-electron chi connectivity index (χ0n) is 9.13. The molecule has 0 spiro atoms. The van der Waals surface area contributed by atoms with Crippen molar-refractivity contribution in [2.24, 2.45) is 5.92 Å². The number of hydrogen-bond acceptors (Lipinski definition) is 2. The SMILES string of the molecule is O=C(O)C(OCCC1CC1)c1ccccc1. The fraction of sp³-hybridized carbons (Fsp3) is 0.462. The topological polar surface area (TPSA) is 46.5 Å². The fourth-order valence-electron chi connectivity index (χ4n) is 1.70. The maximum absolute atomic E-state index is 11.1. The Kier molecular flexibility index (Phi) is 3.57. The predicted molar refractivity (Wildman–Crippen MR) is 60.1 cm³/mol. The molecular formula is C13H16O3. The highest BCUT2D eigenvalue weighted by Gasteiger charge is 2.24. The molecule has 0 radical (unpaired) electrons. The summed E-state index contributed by atoms with van der Waals surface area (Å²) in [7, 11) is 0. The zero-order valence-corrected chi connectivity index (χ0v) is 9.13. The van der Waals surface area contributed by atoms with E-state index in [4.69, 9.17) is 9.84 Å². The molecule has 1 aliphatic carbocycles. The van der Waals surface area contributed by atoms with E-state index in [2.05, 4.69) is 0 Å². The summed E-state index contributed by atoms with van der Waals surface area (Å²) in [5.74, 6) is -0.146. The minimum absolute atomic E-state index is 0.538. The van der Waals surface area contributed by atoms with Crippen LogP contribution in [0, 0.1) is 5.92 Å². The van der Waals surface area contributed by atoms with Crippen LogP contribution in [0.4, 0.5) is 0 Å². The first-order chi connectivity index (χ1) is 7.77. The first-order valence-electron chi connectivity index (χ1n) is 5.66. The monoisotopic (exact) mass is 220 g/mol. The van der Waals surface area contributed by atoms with E-state index in [1.807, 2.05) is 18.2 Å². The van der Waals surface area contributed by atoms with Crippen molar-refractivity contribution in [3.63, 3.8) is 0 Å². The van der Waals surface area contributed by atoms with Crippen LogP contribution in [0.2, 0.25) is 0 Å². The number of carboxylic acids is 1. The minimum Gasteiger partial charge on any atom is -0.479 e. The van der Waals surface area contributed by atoms with Gasteiger partial charge in [-0.25, -0.2) is 4.79 Å². The molecule has 1 aliphatic rings. The van der Waals surface area contributed by atoms with Gasteiger partial charge in [0.15, 0.2) is 6.10 Å². The second-order valence-electron chi connectivity index (χ2n) is 4.23. The molecule has 1 N–H and O–H groups in total. The third-order valence-electron chi connectivity index (χ3n) is 2.83. The Morgan fingerprint density at radius 2 is 2.06 bits per heavy atom. The largest absolute Gasteiger partial charge is 0.479 e. The Morgan fingerprint density at radius 3 is 2.62 bits per heavy atom. The van der Waals surface area contributed by atoms with Crippen LogP contribution < -0.4 is 0 Å². The van der Waals surface area contributed by atoms with Crippen molar-refractivity contribution in [1.82, 2.24) is 0 Å². The molecule has 1 saturated carbocycles. The summed E-state index contributed by atoms with van der Waals surface area (Å²) < 4.78 is 5.44. The van der Waals surface area contributed by atoms with E-state index >= 15 is 0 Å². The van der Waals surface area contributed by atoms with Crippen molar-refractivity contribution >= 4 is 5.97 Å². The van der Waals surface area contributed by atoms with Gasteiger partial charge in [0, 0.05) is 6.61 Å². The first-order valence-corrected chi connectivity index (χ1v) is 5.66. The van der Waals surface area contributed by atoms with Crippen LogP contribution in [0.1, 0.15) is 30.9 Å². The van der Waals surface area contributed by atoms with Gasteiger partial charge in [-0.15, -0.1) is 0 Å². The number of hydrogen-bond donors (Lipinski definition) is 1. The highest BCUT2D eigenvalue weighted by atomic mass is 16.5. The summed E-state index contributed by atoms with van der Waals surface area (Å²) in [5.41, 5.74) is 0.714. The molecule has 16 heavy (non-hydrogen) atoms. The predicted octanol–water partition coefficient (Wildman–Crippen LogP) is 2.63. The van der Waals surface area contributed by atoms with Gasteiger partial charge in [-0.05, 0) is 17.9 Å². The molecule has 1 aromatic rings. The fourth-order valence-corrected chi connectivity index (χ4v) is 1.70. The summed E-state index contributed by atoms with van der Waals surface area (Å²) in [6.45, 7) is 0.538. The smallest absolute Gasteiger partial charge is 0.337 e. The van der Waals surface area contributed by atoms with E-state index in [-0.39, 0.29) is 0 Å². The molecule has 86 valence electrons. The van der Waals surface area contributed by atoms with Gasteiger partial charge in [0.05, 0.1) is 0 Å². The lowest BCUT2D eigenvalue weighted by Gasteiger charge is -2.13. The summed E-state index contributed by atoms with van der Waals surface area (Å²) >= 11 is 0. The van der Waals surface area contributed by atoms with Gasteiger partial charge in [-0.2, -0.15) is 0 Å². The number of rotatable bonds is 6. The second-order valence-corrected chi connectivity index (χ2v) is 4.23. The lowest BCUT2D eigenvalue weighted by Crippen LogP contribution is -2.16. The van der Waals surface area contributed by atoms with Crippen molar-refractivity contribution < 1.29 is 14.6 Å². The van der Waals surface area contributed by atoms with Crippen LogP contribution in [0.5, 0.6) is 0 Å². The molecule has 0 aromatic heterocycles. The van der Waals surface area contributed by atoms with Gasteiger partial charge in [0.25, 0.3) is 0 Å². The summed E-state index contributed by atoms with van der Waals surface area (Å²) in [5, 5.41) is 9.08. The van der Waals surface area contributed by atoms with E-state index in [0.717, 1.165) is 12.3 Å². The minimum atomic E-state index is -0.915. The molecule has 0 bridgehead atoms. The third-order valence-corrected chi connectivity index (χ3v) is 2.83.